The third-order valence-electron chi connectivity index (χ3n) is 13.1. The number of alkyl halides is 3. The van der Waals surface area contributed by atoms with Crippen LogP contribution in [0.25, 0.3) is 32.9 Å². The smallest absolute Gasteiger partial charge is 0.369 e. The van der Waals surface area contributed by atoms with E-state index in [1.54, 1.807) is 24.3 Å². The van der Waals surface area contributed by atoms with Gasteiger partial charge >= 0.3 is 6.18 Å². The molecule has 6 unspecified atom stereocenters. The van der Waals surface area contributed by atoms with Crippen molar-refractivity contribution in [2.24, 2.45) is 17.8 Å². The molecule has 4 saturated heterocycles. The molecule has 288 valence electrons. The van der Waals surface area contributed by atoms with Crippen LogP contribution in [0.4, 0.5) is 23.2 Å². The van der Waals surface area contributed by atoms with Gasteiger partial charge in [-0.3, -0.25) is 4.79 Å². The van der Waals surface area contributed by atoms with Crippen molar-refractivity contribution in [3.63, 3.8) is 0 Å². The number of anilines is 1. The molecule has 2 saturated carbocycles. The third-order valence-corrected chi connectivity index (χ3v) is 13.9. The van der Waals surface area contributed by atoms with Gasteiger partial charge in [-0.05, 0) is 86.9 Å². The normalized spacial score (nSPS) is 25.6. The number of carbonyl (C=O) groups excluding carboxylic acids is 1. The highest BCUT2D eigenvalue weighted by molar-refractivity contribution is 6.43. The van der Waals surface area contributed by atoms with E-state index in [9.17, 15) is 23.2 Å². The van der Waals surface area contributed by atoms with Crippen molar-refractivity contribution in [1.29, 1.82) is 5.26 Å². The van der Waals surface area contributed by atoms with Crippen LogP contribution in [0.5, 0.6) is 0 Å². The number of hydrogen-bond acceptors (Lipinski definition) is 5. The zero-order valence-corrected chi connectivity index (χ0v) is 32.0. The largest absolute Gasteiger partial charge is 0.416 e. The lowest BCUT2D eigenvalue weighted by molar-refractivity contribution is -0.137. The van der Waals surface area contributed by atoms with Gasteiger partial charge in [0.1, 0.15) is 5.52 Å². The van der Waals surface area contributed by atoms with E-state index < -0.39 is 17.6 Å². The first-order valence-electron chi connectivity index (χ1n) is 19.4. The Bertz CT molecular complexity index is 2490. The van der Waals surface area contributed by atoms with Gasteiger partial charge in [0.25, 0.3) is 0 Å². The first kappa shape index (κ1) is 36.0. The van der Waals surface area contributed by atoms with E-state index in [2.05, 4.69) is 26.9 Å². The molecule has 0 spiro atoms. The summed E-state index contributed by atoms with van der Waals surface area (Å²) in [5.74, 6) is -0.213. The van der Waals surface area contributed by atoms with Crippen LogP contribution in [-0.4, -0.2) is 52.1 Å². The summed E-state index contributed by atoms with van der Waals surface area (Å²) in [4.78, 5) is 23.4. The fraction of sp³-hybridized carbons (Fsp3) is 0.419. The van der Waals surface area contributed by atoms with Crippen LogP contribution >= 0.6 is 23.2 Å². The van der Waals surface area contributed by atoms with Crippen LogP contribution in [0.3, 0.4) is 0 Å². The topological polar surface area (TPSA) is 77.2 Å². The van der Waals surface area contributed by atoms with E-state index >= 15 is 4.39 Å². The summed E-state index contributed by atoms with van der Waals surface area (Å²) in [5, 5.41) is 15.3. The van der Waals surface area contributed by atoms with Gasteiger partial charge in [0.15, 0.2) is 5.82 Å². The van der Waals surface area contributed by atoms with Crippen molar-refractivity contribution >= 4 is 56.6 Å². The van der Waals surface area contributed by atoms with Gasteiger partial charge in [-0.2, -0.15) is 18.4 Å². The van der Waals surface area contributed by atoms with Crippen molar-refractivity contribution < 1.29 is 22.4 Å². The molecule has 5 aromatic rings. The quantitative estimate of drug-likeness (QED) is 0.166. The summed E-state index contributed by atoms with van der Waals surface area (Å²) in [7, 11) is 0. The highest BCUT2D eigenvalue weighted by Crippen LogP contribution is 2.54. The van der Waals surface area contributed by atoms with Crippen LogP contribution in [0.2, 0.25) is 10.0 Å². The average molecular weight is 802 g/mol. The van der Waals surface area contributed by atoms with Gasteiger partial charge in [0, 0.05) is 82.9 Å². The van der Waals surface area contributed by atoms with E-state index in [1.165, 1.54) is 12.1 Å². The monoisotopic (exact) mass is 800 g/mol. The molecule has 0 radical (unpaired) electrons. The zero-order chi connectivity index (χ0) is 38.8. The molecule has 7 nitrogen and oxygen atoms in total. The number of rotatable bonds is 7. The summed E-state index contributed by atoms with van der Waals surface area (Å²) < 4.78 is 61.2. The van der Waals surface area contributed by atoms with Gasteiger partial charge in [-0.25, -0.2) is 9.37 Å². The van der Waals surface area contributed by atoms with Gasteiger partial charge in [-0.1, -0.05) is 41.4 Å². The molecule has 1 N–H and O–H groups in total. The standard InChI is InChI=1S/C43H38Cl2F4N6O/c1-21-30-17-34(40-25-13-28(54(40)42(56)22-10-11-22)20-53(19-25)27-7-2-6-26(16-27)43(47,48)49)55(39-24-15-33(39)51-18-24)41(30)31-14-23(5-4-12-50)35(37(46)38(31)52-21)29-8-3-9-32(44)36(29)45/h2-3,6-9,14,16-17,22,24-25,28,33,39-40,51H,4-5,10-11,13,15,18-20H2,1H3. The van der Waals surface area contributed by atoms with Crippen LogP contribution in [-0.2, 0) is 17.4 Å². The summed E-state index contributed by atoms with van der Waals surface area (Å²) >= 11 is 13.1. The fourth-order valence-electron chi connectivity index (χ4n) is 10.4. The molecule has 4 bridgehead atoms. The zero-order valence-electron chi connectivity index (χ0n) is 30.5. The average Bonchev–Trinajstić information content (AvgIpc) is 3.46. The fourth-order valence-corrected chi connectivity index (χ4v) is 10.8. The molecular weight excluding hydrogens is 763 g/mol. The maximum atomic E-state index is 17.3. The van der Waals surface area contributed by atoms with Crippen molar-refractivity contribution in [2.45, 2.75) is 75.8 Å². The highest BCUT2D eigenvalue weighted by Gasteiger charge is 2.55. The lowest BCUT2D eigenvalue weighted by Crippen LogP contribution is -2.45. The van der Waals surface area contributed by atoms with Crippen molar-refractivity contribution in [3.8, 4) is 17.2 Å². The SMILES string of the molecule is Cc1nc2c(F)c(-c3cccc(Cl)c3Cl)c(CCC#N)cc2c2c1cc(C1C3CC(CN(c4cccc(C(F)(F)F)c4)C3)N1C(=O)C1CC1)n2C1C2CNC1C2. The molecule has 6 atom stereocenters. The van der Waals surface area contributed by atoms with Gasteiger partial charge < -0.3 is 19.7 Å². The number of nitrogens with zero attached hydrogens (tertiary/aromatic N) is 5. The number of carbonyl (C=O) groups is 1. The number of piperidine rings is 1. The molecule has 56 heavy (non-hydrogen) atoms. The Balaban J connectivity index is 1.19. The number of fused-ring (bicyclic) bond motifs is 6. The molecule has 3 aromatic carbocycles. The summed E-state index contributed by atoms with van der Waals surface area (Å²) in [6.07, 6.45) is -0.625. The first-order valence-corrected chi connectivity index (χ1v) is 20.1. The number of aromatic nitrogens is 2. The Kier molecular flexibility index (Phi) is 8.41. The molecule has 2 aromatic heterocycles. The third kappa shape index (κ3) is 5.53. The Labute approximate surface area is 331 Å². The van der Waals surface area contributed by atoms with Crippen molar-refractivity contribution in [2.75, 3.05) is 24.5 Å². The predicted octanol–water partition coefficient (Wildman–Crippen LogP) is 9.81. The number of amides is 1. The lowest BCUT2D eigenvalue weighted by Gasteiger charge is -2.40. The minimum absolute atomic E-state index is 0.0538. The second-order valence-electron chi connectivity index (χ2n) is 16.3. The van der Waals surface area contributed by atoms with Crippen LogP contribution in [0.1, 0.15) is 66.7 Å². The summed E-state index contributed by atoms with van der Waals surface area (Å²) in [5.41, 5.74) is 3.78. The highest BCUT2D eigenvalue weighted by atomic mass is 35.5. The molecule has 6 heterocycles. The molecule has 11 rings (SSSR count). The number of likely N-dealkylation sites (tertiary alicyclic amines) is 1. The summed E-state index contributed by atoms with van der Waals surface area (Å²) in [6, 6.07) is 16.6. The van der Waals surface area contributed by atoms with Crippen molar-refractivity contribution in [3.05, 3.63) is 93.0 Å². The number of aryl methyl sites for hydroxylation is 2. The molecule has 6 aliphatic rings. The minimum atomic E-state index is -4.47. The predicted molar refractivity (Wildman–Crippen MR) is 208 cm³/mol. The maximum Gasteiger partial charge on any atom is 0.416 e. The number of hydrogen-bond donors (Lipinski definition) is 1. The molecule has 6 fully saturated rings. The number of nitrogens with one attached hydrogen (secondary N) is 1. The van der Waals surface area contributed by atoms with E-state index in [4.69, 9.17) is 28.2 Å². The molecule has 2 aliphatic carbocycles. The number of pyridine rings is 1. The van der Waals surface area contributed by atoms with Crippen LogP contribution < -0.4 is 10.2 Å². The van der Waals surface area contributed by atoms with Gasteiger partial charge in [0.05, 0.1) is 45.3 Å². The van der Waals surface area contributed by atoms with E-state index in [0.29, 0.717) is 51.9 Å². The Hall–Kier alpha value is -4.37. The summed E-state index contributed by atoms with van der Waals surface area (Å²) in [6.45, 7) is 3.66. The number of halogens is 6. The van der Waals surface area contributed by atoms with Crippen molar-refractivity contribution in [1.82, 2.24) is 19.8 Å². The van der Waals surface area contributed by atoms with E-state index in [1.807, 2.05) is 17.9 Å². The minimum Gasteiger partial charge on any atom is -0.369 e. The van der Waals surface area contributed by atoms with Gasteiger partial charge in [-0.15, -0.1) is 0 Å². The second-order valence-corrected chi connectivity index (χ2v) is 17.1. The number of benzene rings is 3. The lowest BCUT2D eigenvalue weighted by atomic mass is 9.79. The molecule has 4 aliphatic heterocycles. The van der Waals surface area contributed by atoms with Crippen LogP contribution in [0.15, 0.2) is 54.6 Å². The van der Waals surface area contributed by atoms with E-state index in [0.717, 1.165) is 54.9 Å². The molecule has 1 amide bonds. The molecule has 13 heteroatoms. The maximum absolute atomic E-state index is 17.3. The Morgan fingerprint density at radius 1 is 1.04 bits per heavy atom. The Morgan fingerprint density at radius 2 is 1.84 bits per heavy atom. The molecular formula is C43H38Cl2F4N6O. The first-order chi connectivity index (χ1) is 26.9. The Morgan fingerprint density at radius 3 is 2.55 bits per heavy atom. The van der Waals surface area contributed by atoms with Crippen LogP contribution in [0, 0.1) is 41.8 Å². The number of nitriles is 1. The van der Waals surface area contributed by atoms with E-state index in [-0.39, 0.29) is 70.9 Å². The van der Waals surface area contributed by atoms with Gasteiger partial charge in [0.2, 0.25) is 5.91 Å². The second kappa shape index (κ2) is 13.1.